The second-order valence-electron chi connectivity index (χ2n) is 6.54. The number of nitrogens with one attached hydrogen (secondary N) is 1. The third kappa shape index (κ3) is 3.67. The fourth-order valence-electron chi connectivity index (χ4n) is 3.56. The van der Waals surface area contributed by atoms with Gasteiger partial charge in [-0.1, -0.05) is 26.0 Å². The highest BCUT2D eigenvalue weighted by Gasteiger charge is 2.30. The molecular weight excluding hydrogens is 304 g/mol. The predicted octanol–water partition coefficient (Wildman–Crippen LogP) is 4.52. The highest BCUT2D eigenvalue weighted by Crippen LogP contribution is 2.43. The van der Waals surface area contributed by atoms with Crippen LogP contribution in [0.15, 0.2) is 46.8 Å². The molecule has 0 radical (unpaired) electrons. The van der Waals surface area contributed by atoms with Crippen molar-refractivity contribution in [3.05, 3.63) is 62.5 Å². The zero-order valence-corrected chi connectivity index (χ0v) is 15.1. The number of non-ortho nitro benzene ring substituents is 1. The Hall–Kier alpha value is -2.14. The highest BCUT2D eigenvalue weighted by atomic mass is 16.6. The molecule has 1 atom stereocenters. The Morgan fingerprint density at radius 2 is 2.00 bits per heavy atom. The minimum atomic E-state index is -0.332. The second kappa shape index (κ2) is 7.62. The fraction of sp³-hybridized carbons (Fsp3) is 0.474. The van der Waals surface area contributed by atoms with Gasteiger partial charge < -0.3 is 10.1 Å². The second-order valence-corrected chi connectivity index (χ2v) is 6.54. The SMILES string of the molecule is COCCC1=C(C)NC(C)=C(C(C)C)C1c1cccc([N+](=O)[O-])c1. The summed E-state index contributed by atoms with van der Waals surface area (Å²) in [6.45, 7) is 9.11. The van der Waals surface area contributed by atoms with Crippen LogP contribution in [0.2, 0.25) is 0 Å². The maximum atomic E-state index is 11.2. The van der Waals surface area contributed by atoms with Crippen LogP contribution in [0.4, 0.5) is 5.69 Å². The van der Waals surface area contributed by atoms with Gasteiger partial charge in [0.05, 0.1) is 11.5 Å². The van der Waals surface area contributed by atoms with Crippen LogP contribution < -0.4 is 5.32 Å². The van der Waals surface area contributed by atoms with Crippen molar-refractivity contribution in [1.29, 1.82) is 0 Å². The smallest absolute Gasteiger partial charge is 0.269 e. The summed E-state index contributed by atoms with van der Waals surface area (Å²) >= 11 is 0. The van der Waals surface area contributed by atoms with E-state index in [0.717, 1.165) is 23.4 Å². The number of rotatable bonds is 6. The molecule has 1 aromatic rings. The summed E-state index contributed by atoms with van der Waals surface area (Å²) in [6.07, 6.45) is 0.798. The van der Waals surface area contributed by atoms with Crippen LogP contribution >= 0.6 is 0 Å². The lowest BCUT2D eigenvalue weighted by Gasteiger charge is -2.35. The fourth-order valence-corrected chi connectivity index (χ4v) is 3.56. The van der Waals surface area contributed by atoms with Crippen LogP contribution in [-0.2, 0) is 4.74 Å². The Balaban J connectivity index is 2.58. The molecule has 0 saturated carbocycles. The van der Waals surface area contributed by atoms with Gasteiger partial charge in [-0.15, -0.1) is 0 Å². The first kappa shape index (κ1) is 18.2. The van der Waals surface area contributed by atoms with Crippen molar-refractivity contribution in [1.82, 2.24) is 5.32 Å². The molecule has 0 aromatic heterocycles. The monoisotopic (exact) mass is 330 g/mol. The summed E-state index contributed by atoms with van der Waals surface area (Å²) in [5.41, 5.74) is 5.89. The molecule has 0 bridgehead atoms. The van der Waals surface area contributed by atoms with Gasteiger partial charge >= 0.3 is 0 Å². The van der Waals surface area contributed by atoms with Gasteiger partial charge in [-0.3, -0.25) is 10.1 Å². The first-order valence-corrected chi connectivity index (χ1v) is 8.27. The lowest BCUT2D eigenvalue weighted by Crippen LogP contribution is -2.27. The van der Waals surface area contributed by atoms with Gasteiger partial charge in [0.2, 0.25) is 0 Å². The first-order chi connectivity index (χ1) is 11.4. The summed E-state index contributed by atoms with van der Waals surface area (Å²) in [7, 11) is 1.69. The zero-order chi connectivity index (χ0) is 17.9. The van der Waals surface area contributed by atoms with E-state index in [1.807, 2.05) is 6.07 Å². The van der Waals surface area contributed by atoms with Crippen LogP contribution in [0.1, 0.15) is 45.6 Å². The van der Waals surface area contributed by atoms with Crippen LogP contribution in [0.3, 0.4) is 0 Å². The number of allylic oxidation sites excluding steroid dienone is 3. The van der Waals surface area contributed by atoms with Crippen molar-refractivity contribution >= 4 is 5.69 Å². The molecule has 0 fully saturated rings. The van der Waals surface area contributed by atoms with E-state index in [2.05, 4.69) is 33.0 Å². The van der Waals surface area contributed by atoms with E-state index in [9.17, 15) is 10.1 Å². The third-order valence-electron chi connectivity index (χ3n) is 4.56. The van der Waals surface area contributed by atoms with Crippen LogP contribution in [-0.4, -0.2) is 18.6 Å². The normalized spacial score (nSPS) is 18.2. The molecule has 24 heavy (non-hydrogen) atoms. The van der Waals surface area contributed by atoms with Crippen molar-refractivity contribution in [3.63, 3.8) is 0 Å². The van der Waals surface area contributed by atoms with Gasteiger partial charge in [0.15, 0.2) is 0 Å². The van der Waals surface area contributed by atoms with Gasteiger partial charge in [-0.25, -0.2) is 0 Å². The lowest BCUT2D eigenvalue weighted by molar-refractivity contribution is -0.384. The molecule has 1 aliphatic rings. The molecule has 1 unspecified atom stereocenters. The largest absolute Gasteiger partial charge is 0.384 e. The highest BCUT2D eigenvalue weighted by molar-refractivity contribution is 5.49. The molecule has 1 aliphatic heterocycles. The van der Waals surface area contributed by atoms with Gasteiger partial charge in [0, 0.05) is 36.6 Å². The number of nitro benzene ring substituents is 1. The van der Waals surface area contributed by atoms with Crippen LogP contribution in [0.5, 0.6) is 0 Å². The number of benzene rings is 1. The number of methoxy groups -OCH3 is 1. The average molecular weight is 330 g/mol. The number of dihydropyridines is 1. The molecule has 2 rings (SSSR count). The molecular formula is C19H26N2O3. The van der Waals surface area contributed by atoms with Gasteiger partial charge in [0.1, 0.15) is 0 Å². The van der Waals surface area contributed by atoms with E-state index in [-0.39, 0.29) is 16.5 Å². The molecule has 0 saturated heterocycles. The maximum absolute atomic E-state index is 11.2. The Bertz CT molecular complexity index is 690. The summed E-state index contributed by atoms with van der Waals surface area (Å²) in [5, 5.41) is 14.7. The number of nitrogens with zero attached hydrogens (tertiary/aromatic N) is 1. The summed E-state index contributed by atoms with van der Waals surface area (Å²) in [6, 6.07) is 7.00. The molecule has 0 amide bonds. The van der Waals surface area contributed by atoms with E-state index >= 15 is 0 Å². The van der Waals surface area contributed by atoms with E-state index < -0.39 is 0 Å². The first-order valence-electron chi connectivity index (χ1n) is 8.27. The number of nitro groups is 1. The topological polar surface area (TPSA) is 64.4 Å². The van der Waals surface area contributed by atoms with E-state index in [4.69, 9.17) is 4.74 Å². The van der Waals surface area contributed by atoms with E-state index in [1.165, 1.54) is 11.1 Å². The number of ether oxygens (including phenoxy) is 1. The Morgan fingerprint density at radius 3 is 2.58 bits per heavy atom. The van der Waals surface area contributed by atoms with Gasteiger partial charge in [0.25, 0.3) is 5.69 Å². The summed E-state index contributed by atoms with van der Waals surface area (Å²) < 4.78 is 5.28. The number of hydrogen-bond acceptors (Lipinski definition) is 4. The van der Waals surface area contributed by atoms with Crippen molar-refractivity contribution < 1.29 is 9.66 Å². The lowest BCUT2D eigenvalue weighted by atomic mass is 9.75. The minimum Gasteiger partial charge on any atom is -0.384 e. The quantitative estimate of drug-likeness (QED) is 0.615. The van der Waals surface area contributed by atoms with Crippen molar-refractivity contribution in [2.75, 3.05) is 13.7 Å². The Labute approximate surface area is 143 Å². The van der Waals surface area contributed by atoms with Crippen molar-refractivity contribution in [2.24, 2.45) is 5.92 Å². The molecule has 0 aliphatic carbocycles. The Morgan fingerprint density at radius 1 is 1.29 bits per heavy atom. The van der Waals surface area contributed by atoms with Crippen molar-refractivity contribution in [2.45, 2.75) is 40.0 Å². The predicted molar refractivity (Wildman–Crippen MR) is 95.7 cm³/mol. The van der Waals surface area contributed by atoms with E-state index in [1.54, 1.807) is 25.3 Å². The molecule has 1 aromatic carbocycles. The van der Waals surface area contributed by atoms with E-state index in [0.29, 0.717) is 12.5 Å². The summed E-state index contributed by atoms with van der Waals surface area (Å²) in [4.78, 5) is 10.9. The van der Waals surface area contributed by atoms with Crippen LogP contribution in [0, 0.1) is 16.0 Å². The van der Waals surface area contributed by atoms with Gasteiger partial charge in [-0.05, 0) is 42.9 Å². The van der Waals surface area contributed by atoms with Crippen molar-refractivity contribution in [3.8, 4) is 0 Å². The number of hydrogen-bond donors (Lipinski definition) is 1. The Kier molecular flexibility index (Phi) is 5.78. The van der Waals surface area contributed by atoms with Gasteiger partial charge in [-0.2, -0.15) is 0 Å². The maximum Gasteiger partial charge on any atom is 0.269 e. The molecule has 130 valence electrons. The molecule has 5 heteroatoms. The van der Waals surface area contributed by atoms with Crippen LogP contribution in [0.25, 0.3) is 0 Å². The molecule has 5 nitrogen and oxygen atoms in total. The summed E-state index contributed by atoms with van der Waals surface area (Å²) in [5.74, 6) is 0.397. The minimum absolute atomic E-state index is 0.0568. The molecule has 1 N–H and O–H groups in total. The molecule has 0 spiro atoms. The third-order valence-corrected chi connectivity index (χ3v) is 4.56. The standard InChI is InChI=1S/C19H26N2O3/c1-12(2)18-14(4)20-13(3)17(9-10-24-5)19(18)15-7-6-8-16(11-15)21(22)23/h6-8,11-12,19-20H,9-10H2,1-5H3. The zero-order valence-electron chi connectivity index (χ0n) is 15.1. The molecule has 1 heterocycles. The average Bonchev–Trinajstić information content (AvgIpc) is 2.53.